The van der Waals surface area contributed by atoms with Crippen LogP contribution in [0.3, 0.4) is 0 Å². The number of allylic oxidation sites excluding steroid dienone is 1. The van der Waals surface area contributed by atoms with E-state index in [-0.39, 0.29) is 18.3 Å². The number of carbonyl (C=O) groups is 3. The lowest BCUT2D eigenvalue weighted by Crippen LogP contribution is -2.66. The molecule has 0 radical (unpaired) electrons. The third kappa shape index (κ3) is 7.09. The van der Waals surface area contributed by atoms with Gasteiger partial charge < -0.3 is 25.0 Å². The molecule has 0 bridgehead atoms. The summed E-state index contributed by atoms with van der Waals surface area (Å²) in [4.78, 5) is 37.7. The van der Waals surface area contributed by atoms with E-state index in [0.717, 1.165) is 24.2 Å². The zero-order chi connectivity index (χ0) is 23.6. The van der Waals surface area contributed by atoms with Crippen LogP contribution in [0.15, 0.2) is 35.9 Å². The van der Waals surface area contributed by atoms with Crippen molar-refractivity contribution in [2.24, 2.45) is 5.41 Å². The van der Waals surface area contributed by atoms with E-state index in [2.05, 4.69) is 11.4 Å². The van der Waals surface area contributed by atoms with E-state index in [4.69, 9.17) is 14.6 Å². The Kier molecular flexibility index (Phi) is 9.71. The second-order valence-electron chi connectivity index (χ2n) is 8.69. The molecule has 1 heterocycles. The van der Waals surface area contributed by atoms with Gasteiger partial charge in [-0.1, -0.05) is 23.8 Å². The Morgan fingerprint density at radius 2 is 2.00 bits per heavy atom. The van der Waals surface area contributed by atoms with Crippen LogP contribution >= 0.6 is 0 Å². The van der Waals surface area contributed by atoms with E-state index < -0.39 is 5.41 Å². The smallest absolute Gasteiger partial charge is 0.290 e. The summed E-state index contributed by atoms with van der Waals surface area (Å²) in [5.74, 6) is 0.894. The molecule has 1 aromatic carbocycles. The second kappa shape index (κ2) is 12.2. The number of amides is 2. The molecule has 0 unspecified atom stereocenters. The van der Waals surface area contributed by atoms with Gasteiger partial charge in [0.25, 0.3) is 6.47 Å². The fraction of sp³-hybridized carbons (Fsp3) is 0.542. The summed E-state index contributed by atoms with van der Waals surface area (Å²) in [7, 11) is 5.40. The van der Waals surface area contributed by atoms with Crippen LogP contribution in [-0.4, -0.2) is 80.6 Å². The number of nitrogens with one attached hydrogen (secondary N) is 1. The maximum absolute atomic E-state index is 13.2. The number of carboxylic acid groups (broad SMARTS) is 1. The summed E-state index contributed by atoms with van der Waals surface area (Å²) in [6.07, 6.45) is 7.46. The fourth-order valence-electron chi connectivity index (χ4n) is 4.19. The average molecular weight is 446 g/mol. The minimum atomic E-state index is -0.580. The third-order valence-corrected chi connectivity index (χ3v) is 5.81. The molecule has 1 saturated heterocycles. The maximum Gasteiger partial charge on any atom is 0.290 e. The van der Waals surface area contributed by atoms with Crippen LogP contribution in [0.5, 0.6) is 5.75 Å². The molecular formula is C24H35N3O5. The van der Waals surface area contributed by atoms with Gasteiger partial charge in [-0.3, -0.25) is 14.4 Å². The van der Waals surface area contributed by atoms with Crippen molar-refractivity contribution in [3.8, 4) is 5.75 Å². The van der Waals surface area contributed by atoms with Crippen LogP contribution in [0.1, 0.15) is 31.2 Å². The zero-order valence-corrected chi connectivity index (χ0v) is 19.3. The Morgan fingerprint density at radius 1 is 1.28 bits per heavy atom. The van der Waals surface area contributed by atoms with E-state index in [1.54, 1.807) is 12.0 Å². The monoisotopic (exact) mass is 445 g/mol. The standard InChI is InChI=1S/C23H33N3O3.CH2O2/c1-25(2)15-21(27)26-16-23(17-26,13-19-10-7-11-20(12-19)29-3)22(28)24-14-18-8-5-4-6-9-18;2-1-3/h7-8,10-12H,4-6,9,13-17H2,1-3H3,(H,24,28);1H,(H,2,3). The van der Waals surface area contributed by atoms with Crippen molar-refractivity contribution in [1.29, 1.82) is 0 Å². The summed E-state index contributed by atoms with van der Waals surface area (Å²) in [5, 5.41) is 10.0. The minimum Gasteiger partial charge on any atom is -0.497 e. The molecule has 0 spiro atoms. The molecular weight excluding hydrogens is 410 g/mol. The van der Waals surface area contributed by atoms with Crippen LogP contribution in [0, 0.1) is 5.41 Å². The molecule has 1 aromatic rings. The predicted molar refractivity (Wildman–Crippen MR) is 123 cm³/mol. The summed E-state index contributed by atoms with van der Waals surface area (Å²) < 4.78 is 5.33. The molecule has 32 heavy (non-hydrogen) atoms. The van der Waals surface area contributed by atoms with Crippen LogP contribution in [0.4, 0.5) is 0 Å². The summed E-state index contributed by atoms with van der Waals surface area (Å²) in [6.45, 7) is 1.65. The van der Waals surface area contributed by atoms with Crippen molar-refractivity contribution in [2.75, 3.05) is 47.4 Å². The topological polar surface area (TPSA) is 99.2 Å². The van der Waals surface area contributed by atoms with E-state index in [0.29, 0.717) is 32.6 Å². The van der Waals surface area contributed by atoms with E-state index in [1.165, 1.54) is 18.4 Å². The Bertz CT molecular complexity index is 816. The van der Waals surface area contributed by atoms with Gasteiger partial charge in [-0.15, -0.1) is 0 Å². The summed E-state index contributed by atoms with van der Waals surface area (Å²) in [5.41, 5.74) is 1.79. The molecule has 0 saturated carbocycles. The normalized spacial score (nSPS) is 16.8. The van der Waals surface area contributed by atoms with Gasteiger partial charge in [-0.05, 0) is 63.9 Å². The van der Waals surface area contributed by atoms with Gasteiger partial charge in [-0.25, -0.2) is 0 Å². The molecule has 2 amide bonds. The molecule has 0 aromatic heterocycles. The molecule has 1 fully saturated rings. The van der Waals surface area contributed by atoms with Gasteiger partial charge in [0, 0.05) is 19.6 Å². The predicted octanol–water partition coefficient (Wildman–Crippen LogP) is 1.95. The van der Waals surface area contributed by atoms with Crippen molar-refractivity contribution in [3.05, 3.63) is 41.5 Å². The Balaban J connectivity index is 0.00000114. The highest BCUT2D eigenvalue weighted by Crippen LogP contribution is 2.35. The minimum absolute atomic E-state index is 0.0423. The number of hydrogen-bond donors (Lipinski definition) is 2. The van der Waals surface area contributed by atoms with Gasteiger partial charge in [-0.2, -0.15) is 0 Å². The lowest BCUT2D eigenvalue weighted by Gasteiger charge is -2.49. The largest absolute Gasteiger partial charge is 0.497 e. The van der Waals surface area contributed by atoms with Gasteiger partial charge in [0.15, 0.2) is 0 Å². The zero-order valence-electron chi connectivity index (χ0n) is 19.3. The van der Waals surface area contributed by atoms with Crippen LogP contribution < -0.4 is 10.1 Å². The molecule has 1 aliphatic heterocycles. The first-order valence-electron chi connectivity index (χ1n) is 10.9. The van der Waals surface area contributed by atoms with Crippen molar-refractivity contribution >= 4 is 18.3 Å². The first-order valence-corrected chi connectivity index (χ1v) is 10.9. The average Bonchev–Trinajstić information content (AvgIpc) is 2.75. The van der Waals surface area contributed by atoms with Crippen molar-refractivity contribution < 1.29 is 24.2 Å². The SMILES string of the molecule is COc1cccc(CC2(C(=O)NCC3=CCCCC3)CN(C(=O)CN(C)C)C2)c1.O=CO. The van der Waals surface area contributed by atoms with Crippen LogP contribution in [-0.2, 0) is 20.8 Å². The van der Waals surface area contributed by atoms with E-state index >= 15 is 0 Å². The molecule has 2 N–H and O–H groups in total. The van der Waals surface area contributed by atoms with Crippen LogP contribution in [0.2, 0.25) is 0 Å². The highest BCUT2D eigenvalue weighted by atomic mass is 16.5. The number of rotatable bonds is 8. The van der Waals surface area contributed by atoms with Crippen molar-refractivity contribution in [3.63, 3.8) is 0 Å². The highest BCUT2D eigenvalue weighted by molar-refractivity contribution is 5.88. The van der Waals surface area contributed by atoms with Crippen molar-refractivity contribution in [2.45, 2.75) is 32.1 Å². The maximum atomic E-state index is 13.2. The number of nitrogens with zero attached hydrogens (tertiary/aromatic N) is 2. The van der Waals surface area contributed by atoms with Crippen LogP contribution in [0.25, 0.3) is 0 Å². The van der Waals surface area contributed by atoms with Gasteiger partial charge in [0.05, 0.1) is 19.1 Å². The first kappa shape index (κ1) is 25.4. The molecule has 8 nitrogen and oxygen atoms in total. The number of methoxy groups -OCH3 is 1. The van der Waals surface area contributed by atoms with Gasteiger partial charge in [0.1, 0.15) is 5.75 Å². The summed E-state index contributed by atoms with van der Waals surface area (Å²) in [6, 6.07) is 7.84. The highest BCUT2D eigenvalue weighted by Gasteiger charge is 2.50. The number of ether oxygens (including phenoxy) is 1. The lowest BCUT2D eigenvalue weighted by molar-refractivity contribution is -0.153. The lowest BCUT2D eigenvalue weighted by atomic mass is 9.73. The number of benzene rings is 1. The third-order valence-electron chi connectivity index (χ3n) is 5.81. The molecule has 3 rings (SSSR count). The second-order valence-corrected chi connectivity index (χ2v) is 8.69. The molecule has 1 aliphatic carbocycles. The molecule has 176 valence electrons. The molecule has 2 aliphatic rings. The Morgan fingerprint density at radius 3 is 2.59 bits per heavy atom. The number of likely N-dealkylation sites (tertiary alicyclic amines) is 1. The number of likely N-dealkylation sites (N-methyl/N-ethyl adjacent to an activating group) is 1. The first-order chi connectivity index (χ1) is 15.3. The number of carbonyl (C=O) groups excluding carboxylic acids is 2. The molecule has 8 heteroatoms. The van der Waals surface area contributed by atoms with E-state index in [9.17, 15) is 9.59 Å². The molecule has 0 atom stereocenters. The fourth-order valence-corrected chi connectivity index (χ4v) is 4.19. The Labute approximate surface area is 190 Å². The van der Waals surface area contributed by atoms with Crippen molar-refractivity contribution in [1.82, 2.24) is 15.1 Å². The van der Waals surface area contributed by atoms with Gasteiger partial charge >= 0.3 is 0 Å². The van der Waals surface area contributed by atoms with E-state index in [1.807, 2.05) is 43.3 Å². The quantitative estimate of drug-likeness (QED) is 0.469. The Hall–Kier alpha value is -2.87. The summed E-state index contributed by atoms with van der Waals surface area (Å²) >= 11 is 0. The van der Waals surface area contributed by atoms with Gasteiger partial charge in [0.2, 0.25) is 11.8 Å². The number of hydrogen-bond acceptors (Lipinski definition) is 5.